The number of carbonyl (C=O) groups excluding carboxylic acids is 1. The Balaban J connectivity index is 2.53. The number of rotatable bonds is 6. The summed E-state index contributed by atoms with van der Waals surface area (Å²) in [6.45, 7) is 8.78. The zero-order chi connectivity index (χ0) is 12.7. The predicted molar refractivity (Wildman–Crippen MR) is 72.2 cm³/mol. The van der Waals surface area contributed by atoms with E-state index in [1.807, 2.05) is 18.2 Å². The molecule has 1 aromatic rings. The zero-order valence-corrected chi connectivity index (χ0v) is 10.5. The van der Waals surface area contributed by atoms with Gasteiger partial charge in [0.25, 0.3) is 0 Å². The van der Waals surface area contributed by atoms with Crippen LogP contribution in [0.3, 0.4) is 0 Å². The van der Waals surface area contributed by atoms with Crippen LogP contribution in [0, 0.1) is 0 Å². The second kappa shape index (κ2) is 6.86. The lowest BCUT2D eigenvalue weighted by Crippen LogP contribution is -2.28. The van der Waals surface area contributed by atoms with E-state index in [9.17, 15) is 4.79 Å². The van der Waals surface area contributed by atoms with Gasteiger partial charge in [0.05, 0.1) is 6.54 Å². The molecule has 0 bridgehead atoms. The Morgan fingerprint density at radius 2 is 2.24 bits per heavy atom. The second-order valence-corrected chi connectivity index (χ2v) is 4.25. The Bertz CT molecular complexity index is 386. The molecule has 3 nitrogen and oxygen atoms in total. The molecule has 1 rings (SSSR count). The number of anilines is 1. The Hall–Kier alpha value is -1.61. The molecule has 0 saturated heterocycles. The van der Waals surface area contributed by atoms with Crippen LogP contribution in [0.5, 0.6) is 0 Å². The molecule has 0 saturated carbocycles. The van der Waals surface area contributed by atoms with Crippen LogP contribution in [0.25, 0.3) is 0 Å². The topological polar surface area (TPSA) is 41.1 Å². The minimum atomic E-state index is -0.0345. The third-order valence-electron chi connectivity index (χ3n) is 2.41. The van der Waals surface area contributed by atoms with Crippen molar-refractivity contribution in [1.82, 2.24) is 5.32 Å². The first kappa shape index (κ1) is 13.5. The molecule has 92 valence electrons. The number of amides is 1. The van der Waals surface area contributed by atoms with E-state index < -0.39 is 0 Å². The van der Waals surface area contributed by atoms with Crippen molar-refractivity contribution in [3.8, 4) is 0 Å². The predicted octanol–water partition coefficient (Wildman–Crippen LogP) is 2.52. The van der Waals surface area contributed by atoms with Crippen LogP contribution in [0.1, 0.15) is 25.3 Å². The molecule has 1 aromatic carbocycles. The Morgan fingerprint density at radius 1 is 1.47 bits per heavy atom. The molecule has 2 N–H and O–H groups in total. The summed E-state index contributed by atoms with van der Waals surface area (Å²) in [6.07, 6.45) is 1.73. The van der Waals surface area contributed by atoms with Gasteiger partial charge < -0.3 is 10.6 Å². The number of hydrogen-bond donors (Lipinski definition) is 2. The fraction of sp³-hybridized carbons (Fsp3) is 0.357. The Morgan fingerprint density at radius 3 is 2.88 bits per heavy atom. The molecule has 1 amide bonds. The van der Waals surface area contributed by atoms with Crippen LogP contribution in [0.4, 0.5) is 5.69 Å². The summed E-state index contributed by atoms with van der Waals surface area (Å²) < 4.78 is 0. The van der Waals surface area contributed by atoms with Gasteiger partial charge in [0, 0.05) is 12.2 Å². The maximum absolute atomic E-state index is 11.6. The summed E-state index contributed by atoms with van der Waals surface area (Å²) in [5.74, 6) is 0.429. The van der Waals surface area contributed by atoms with E-state index in [0.29, 0.717) is 19.0 Å². The Labute approximate surface area is 103 Å². The first-order valence-corrected chi connectivity index (χ1v) is 5.85. The molecule has 0 aliphatic heterocycles. The van der Waals surface area contributed by atoms with Gasteiger partial charge in [-0.15, -0.1) is 6.58 Å². The summed E-state index contributed by atoms with van der Waals surface area (Å²) in [4.78, 5) is 11.6. The van der Waals surface area contributed by atoms with Crippen molar-refractivity contribution in [3.05, 3.63) is 42.5 Å². The molecular formula is C14H20N2O. The van der Waals surface area contributed by atoms with E-state index in [4.69, 9.17) is 0 Å². The normalized spacial score (nSPS) is 10.3. The number of hydrogen-bond acceptors (Lipinski definition) is 2. The molecule has 3 heteroatoms. The molecule has 0 heterocycles. The molecule has 0 aromatic heterocycles. The quantitative estimate of drug-likeness (QED) is 0.584. The minimum Gasteiger partial charge on any atom is -0.325 e. The molecule has 0 unspecified atom stereocenters. The average Bonchev–Trinajstić information content (AvgIpc) is 2.29. The lowest BCUT2D eigenvalue weighted by molar-refractivity contribution is -0.115. The summed E-state index contributed by atoms with van der Waals surface area (Å²) in [6, 6.07) is 7.94. The van der Waals surface area contributed by atoms with Crippen LogP contribution in [-0.4, -0.2) is 19.0 Å². The van der Waals surface area contributed by atoms with Crippen LogP contribution < -0.4 is 10.6 Å². The van der Waals surface area contributed by atoms with Gasteiger partial charge >= 0.3 is 0 Å². The molecular weight excluding hydrogens is 212 g/mol. The Kier molecular flexibility index (Phi) is 5.43. The molecule has 0 spiro atoms. The van der Waals surface area contributed by atoms with Gasteiger partial charge in [0.1, 0.15) is 0 Å². The molecule has 0 atom stereocenters. The fourth-order valence-corrected chi connectivity index (χ4v) is 1.47. The maximum Gasteiger partial charge on any atom is 0.238 e. The third kappa shape index (κ3) is 4.83. The van der Waals surface area contributed by atoms with E-state index in [0.717, 1.165) is 5.69 Å². The first-order chi connectivity index (χ1) is 8.13. The lowest BCUT2D eigenvalue weighted by atomic mass is 10.0. The largest absolute Gasteiger partial charge is 0.325 e. The minimum absolute atomic E-state index is 0.0345. The van der Waals surface area contributed by atoms with Gasteiger partial charge in [-0.3, -0.25) is 4.79 Å². The second-order valence-electron chi connectivity index (χ2n) is 4.25. The van der Waals surface area contributed by atoms with Gasteiger partial charge in [-0.2, -0.15) is 0 Å². The monoisotopic (exact) mass is 232 g/mol. The van der Waals surface area contributed by atoms with Gasteiger partial charge in [-0.1, -0.05) is 32.1 Å². The van der Waals surface area contributed by atoms with Crippen LogP contribution in [0.2, 0.25) is 0 Å². The van der Waals surface area contributed by atoms with Crippen LogP contribution in [0.15, 0.2) is 36.9 Å². The lowest BCUT2D eigenvalue weighted by Gasteiger charge is -2.09. The first-order valence-electron chi connectivity index (χ1n) is 5.85. The van der Waals surface area contributed by atoms with E-state index in [1.165, 1.54) is 5.56 Å². The standard InChI is InChI=1S/C14H20N2O/c1-4-8-15-10-14(17)16-13-7-5-6-12(9-13)11(2)3/h4-7,9,11,15H,1,8,10H2,2-3H3,(H,16,17). The van der Waals surface area contributed by atoms with Crippen molar-refractivity contribution in [2.45, 2.75) is 19.8 Å². The number of benzene rings is 1. The highest BCUT2D eigenvalue weighted by Gasteiger charge is 2.03. The summed E-state index contributed by atoms with van der Waals surface area (Å²) in [5.41, 5.74) is 2.07. The van der Waals surface area contributed by atoms with Crippen molar-refractivity contribution in [2.24, 2.45) is 0 Å². The van der Waals surface area contributed by atoms with Crippen molar-refractivity contribution in [3.63, 3.8) is 0 Å². The highest BCUT2D eigenvalue weighted by molar-refractivity contribution is 5.92. The molecule has 0 radical (unpaired) electrons. The maximum atomic E-state index is 11.6. The fourth-order valence-electron chi connectivity index (χ4n) is 1.47. The summed E-state index contributed by atoms with van der Waals surface area (Å²) in [7, 11) is 0. The smallest absolute Gasteiger partial charge is 0.238 e. The summed E-state index contributed by atoms with van der Waals surface area (Å²) >= 11 is 0. The molecule has 0 fully saturated rings. The third-order valence-corrected chi connectivity index (χ3v) is 2.41. The SMILES string of the molecule is C=CCNCC(=O)Nc1cccc(C(C)C)c1. The van der Waals surface area contributed by atoms with Crippen molar-refractivity contribution in [1.29, 1.82) is 0 Å². The van der Waals surface area contributed by atoms with Crippen molar-refractivity contribution < 1.29 is 4.79 Å². The van der Waals surface area contributed by atoms with E-state index >= 15 is 0 Å². The van der Waals surface area contributed by atoms with Crippen LogP contribution >= 0.6 is 0 Å². The van der Waals surface area contributed by atoms with Gasteiger partial charge in [0.2, 0.25) is 5.91 Å². The zero-order valence-electron chi connectivity index (χ0n) is 10.5. The number of carbonyl (C=O) groups is 1. The van der Waals surface area contributed by atoms with Gasteiger partial charge in [-0.25, -0.2) is 0 Å². The molecule has 0 aliphatic carbocycles. The van der Waals surface area contributed by atoms with E-state index in [1.54, 1.807) is 6.08 Å². The molecule has 0 aliphatic rings. The number of nitrogens with one attached hydrogen (secondary N) is 2. The van der Waals surface area contributed by atoms with E-state index in [2.05, 4.69) is 37.1 Å². The van der Waals surface area contributed by atoms with Gasteiger partial charge in [0.15, 0.2) is 0 Å². The molecule has 17 heavy (non-hydrogen) atoms. The van der Waals surface area contributed by atoms with Crippen molar-refractivity contribution >= 4 is 11.6 Å². The summed E-state index contributed by atoms with van der Waals surface area (Å²) in [5, 5.41) is 5.82. The van der Waals surface area contributed by atoms with Crippen LogP contribution in [-0.2, 0) is 4.79 Å². The highest BCUT2D eigenvalue weighted by atomic mass is 16.1. The van der Waals surface area contributed by atoms with Crippen molar-refractivity contribution in [2.75, 3.05) is 18.4 Å². The van der Waals surface area contributed by atoms with E-state index in [-0.39, 0.29) is 5.91 Å². The van der Waals surface area contributed by atoms with Gasteiger partial charge in [-0.05, 0) is 23.6 Å². The highest BCUT2D eigenvalue weighted by Crippen LogP contribution is 2.18. The average molecular weight is 232 g/mol.